The lowest BCUT2D eigenvalue weighted by Crippen LogP contribution is -2.43. The second-order valence-electron chi connectivity index (χ2n) is 8.65. The average Bonchev–Trinajstić information content (AvgIpc) is 3.49. The third-order valence-corrected chi connectivity index (χ3v) is 7.19. The fraction of sp³-hybridized carbons (Fsp3) is 0.417. The summed E-state index contributed by atoms with van der Waals surface area (Å²) in [5.74, 6) is 0.667. The highest BCUT2D eigenvalue weighted by Gasteiger charge is 2.39. The number of nitrogens with two attached hydrogens (primary N) is 1. The number of hydrogen-bond acceptors (Lipinski definition) is 4. The fourth-order valence-corrected chi connectivity index (χ4v) is 4.92. The van der Waals surface area contributed by atoms with Crippen LogP contribution in [0.4, 0.5) is 0 Å². The molecule has 1 aliphatic carbocycles. The smallest absolute Gasteiger partial charge is 0.238 e. The van der Waals surface area contributed by atoms with Crippen LogP contribution < -0.4 is 10.5 Å². The fourth-order valence-electron chi connectivity index (χ4n) is 4.40. The predicted molar refractivity (Wildman–Crippen MR) is 136 cm³/mol. The van der Waals surface area contributed by atoms with Gasteiger partial charge in [0.05, 0.1) is 4.90 Å². The van der Waals surface area contributed by atoms with E-state index in [-0.39, 0.29) is 29.7 Å². The Bertz CT molecular complexity index is 990. The van der Waals surface area contributed by atoms with E-state index in [4.69, 9.17) is 5.14 Å². The highest BCUT2D eigenvalue weighted by atomic mass is 35.5. The third-order valence-electron chi connectivity index (χ3n) is 6.26. The molecule has 1 heterocycles. The summed E-state index contributed by atoms with van der Waals surface area (Å²) in [7, 11) is -3.62. The Balaban J connectivity index is 0.00000181. The minimum atomic E-state index is -3.62. The lowest BCUT2D eigenvalue weighted by Gasteiger charge is -2.32. The van der Waals surface area contributed by atoms with Crippen LogP contribution in [0.15, 0.2) is 65.1 Å². The number of halogens is 2. The van der Waals surface area contributed by atoms with Crippen LogP contribution in [0.1, 0.15) is 37.3 Å². The second-order valence-corrected chi connectivity index (χ2v) is 10.2. The SMILES string of the molecule is CC(=Cc1ccccc1)C1C[C@@H]1NC1CCN(Cc2ccc(S(N)(=O)=O)cc2)CC1.Cl.Cl. The molecule has 0 bridgehead atoms. The molecule has 1 saturated carbocycles. The molecule has 8 heteroatoms. The molecule has 4 rings (SSSR count). The molecule has 2 aromatic carbocycles. The number of sulfonamides is 1. The molecular formula is C24H33Cl2N3O2S. The van der Waals surface area contributed by atoms with Crippen molar-refractivity contribution in [2.45, 2.75) is 49.7 Å². The van der Waals surface area contributed by atoms with Crippen molar-refractivity contribution < 1.29 is 8.42 Å². The minimum absolute atomic E-state index is 0. The van der Waals surface area contributed by atoms with Gasteiger partial charge in [-0.05, 0) is 68.5 Å². The molecule has 1 unspecified atom stereocenters. The summed E-state index contributed by atoms with van der Waals surface area (Å²) >= 11 is 0. The van der Waals surface area contributed by atoms with Gasteiger partial charge in [0.2, 0.25) is 10.0 Å². The number of primary sulfonamides is 1. The molecule has 2 aromatic rings. The van der Waals surface area contributed by atoms with E-state index in [1.54, 1.807) is 12.1 Å². The molecule has 2 atom stereocenters. The Kier molecular flexibility index (Phi) is 9.76. The first-order valence-corrected chi connectivity index (χ1v) is 12.3. The predicted octanol–water partition coefficient (Wildman–Crippen LogP) is 4.22. The van der Waals surface area contributed by atoms with E-state index in [0.29, 0.717) is 18.0 Å². The van der Waals surface area contributed by atoms with Gasteiger partial charge >= 0.3 is 0 Å². The van der Waals surface area contributed by atoms with E-state index < -0.39 is 10.0 Å². The Morgan fingerprint density at radius 2 is 1.69 bits per heavy atom. The first-order valence-electron chi connectivity index (χ1n) is 10.7. The summed E-state index contributed by atoms with van der Waals surface area (Å²) in [6.45, 7) is 5.22. The van der Waals surface area contributed by atoms with Crippen LogP contribution in [0.2, 0.25) is 0 Å². The quantitative estimate of drug-likeness (QED) is 0.600. The molecule has 3 N–H and O–H groups in total. The molecule has 2 fully saturated rings. The molecule has 0 aromatic heterocycles. The number of piperidine rings is 1. The Labute approximate surface area is 204 Å². The highest BCUT2D eigenvalue weighted by Crippen LogP contribution is 2.38. The number of rotatable bonds is 7. The van der Waals surface area contributed by atoms with Crippen LogP contribution in [-0.2, 0) is 16.6 Å². The van der Waals surface area contributed by atoms with E-state index in [2.05, 4.69) is 53.5 Å². The maximum atomic E-state index is 11.4. The number of benzene rings is 2. The largest absolute Gasteiger partial charge is 0.311 e. The second kappa shape index (κ2) is 11.6. The lowest BCUT2D eigenvalue weighted by atomic mass is 10.0. The van der Waals surface area contributed by atoms with Crippen LogP contribution in [-0.4, -0.2) is 38.5 Å². The maximum absolute atomic E-state index is 11.4. The van der Waals surface area contributed by atoms with E-state index in [1.165, 1.54) is 17.6 Å². The van der Waals surface area contributed by atoms with E-state index in [0.717, 1.165) is 38.0 Å². The lowest BCUT2D eigenvalue weighted by molar-refractivity contribution is 0.189. The van der Waals surface area contributed by atoms with Crippen molar-refractivity contribution in [3.8, 4) is 0 Å². The Morgan fingerprint density at radius 1 is 1.06 bits per heavy atom. The molecule has 32 heavy (non-hydrogen) atoms. The third kappa shape index (κ3) is 7.30. The van der Waals surface area contributed by atoms with Gasteiger partial charge < -0.3 is 5.32 Å². The zero-order valence-corrected chi connectivity index (χ0v) is 20.8. The molecule has 2 aliphatic rings. The van der Waals surface area contributed by atoms with Crippen LogP contribution in [0.5, 0.6) is 0 Å². The van der Waals surface area contributed by atoms with Gasteiger partial charge in [-0.1, -0.05) is 54.1 Å². The number of nitrogens with zero attached hydrogens (tertiary/aromatic N) is 1. The van der Waals surface area contributed by atoms with Gasteiger partial charge in [-0.3, -0.25) is 4.90 Å². The van der Waals surface area contributed by atoms with E-state index in [1.807, 2.05) is 12.1 Å². The number of nitrogens with one attached hydrogen (secondary N) is 1. The summed E-state index contributed by atoms with van der Waals surface area (Å²) in [6, 6.07) is 18.7. The molecule has 5 nitrogen and oxygen atoms in total. The monoisotopic (exact) mass is 497 g/mol. The first kappa shape index (κ1) is 26.8. The average molecular weight is 499 g/mol. The first-order chi connectivity index (χ1) is 14.4. The zero-order valence-electron chi connectivity index (χ0n) is 18.3. The molecule has 0 amide bonds. The molecule has 0 radical (unpaired) electrons. The van der Waals surface area contributed by atoms with Crippen LogP contribution >= 0.6 is 24.8 Å². The Hall–Kier alpha value is -1.41. The minimum Gasteiger partial charge on any atom is -0.311 e. The summed E-state index contributed by atoms with van der Waals surface area (Å²) in [5, 5.41) is 9.04. The van der Waals surface area contributed by atoms with Crippen molar-refractivity contribution in [2.75, 3.05) is 13.1 Å². The molecule has 1 saturated heterocycles. The van der Waals surface area contributed by atoms with Gasteiger partial charge in [-0.2, -0.15) is 0 Å². The zero-order chi connectivity index (χ0) is 21.1. The number of likely N-dealkylation sites (tertiary alicyclic amines) is 1. The summed E-state index contributed by atoms with van der Waals surface area (Å²) in [4.78, 5) is 2.61. The summed E-state index contributed by atoms with van der Waals surface area (Å²) in [6.07, 6.45) is 5.86. The topological polar surface area (TPSA) is 75.4 Å². The van der Waals surface area contributed by atoms with Crippen LogP contribution in [0.25, 0.3) is 6.08 Å². The Morgan fingerprint density at radius 3 is 2.28 bits per heavy atom. The van der Waals surface area contributed by atoms with Crippen molar-refractivity contribution >= 4 is 40.9 Å². The van der Waals surface area contributed by atoms with Gasteiger partial charge in [0.1, 0.15) is 0 Å². The van der Waals surface area contributed by atoms with Gasteiger partial charge in [0, 0.05) is 18.6 Å². The van der Waals surface area contributed by atoms with E-state index in [9.17, 15) is 8.42 Å². The van der Waals surface area contributed by atoms with Crippen molar-refractivity contribution in [3.05, 3.63) is 71.3 Å². The van der Waals surface area contributed by atoms with Gasteiger partial charge in [0.25, 0.3) is 0 Å². The standard InChI is InChI=1S/C24H31N3O2S.2ClH/c1-18(15-19-5-3-2-4-6-19)23-16-24(23)26-21-11-13-27(14-12-21)17-20-7-9-22(10-8-20)30(25,28)29;;/h2-10,15,21,23-24,26H,11-14,16-17H2,1H3,(H2,25,28,29);2*1H/t23?,24-;;/m0../s1. The van der Waals surface area contributed by atoms with Gasteiger partial charge in [-0.15, -0.1) is 24.8 Å². The van der Waals surface area contributed by atoms with Gasteiger partial charge in [0.15, 0.2) is 0 Å². The van der Waals surface area contributed by atoms with Crippen LogP contribution in [0, 0.1) is 5.92 Å². The molecule has 1 aliphatic heterocycles. The molecule has 0 spiro atoms. The molecular weight excluding hydrogens is 465 g/mol. The van der Waals surface area contributed by atoms with Crippen molar-refractivity contribution in [1.29, 1.82) is 0 Å². The van der Waals surface area contributed by atoms with Crippen LogP contribution in [0.3, 0.4) is 0 Å². The van der Waals surface area contributed by atoms with Crippen molar-refractivity contribution in [1.82, 2.24) is 10.2 Å². The normalized spacial score (nSPS) is 22.0. The molecule has 176 valence electrons. The highest BCUT2D eigenvalue weighted by molar-refractivity contribution is 7.89. The number of hydrogen-bond donors (Lipinski definition) is 2. The van der Waals surface area contributed by atoms with E-state index >= 15 is 0 Å². The van der Waals surface area contributed by atoms with Gasteiger partial charge in [-0.25, -0.2) is 13.6 Å². The van der Waals surface area contributed by atoms with Crippen molar-refractivity contribution in [2.24, 2.45) is 11.1 Å². The van der Waals surface area contributed by atoms with Crippen molar-refractivity contribution in [3.63, 3.8) is 0 Å². The maximum Gasteiger partial charge on any atom is 0.238 e. The summed E-state index contributed by atoms with van der Waals surface area (Å²) in [5.41, 5.74) is 3.88. The summed E-state index contributed by atoms with van der Waals surface area (Å²) < 4.78 is 22.8.